The molecule has 8 nitrogen and oxygen atoms in total. The van der Waals surface area contributed by atoms with E-state index < -0.39 is 6.10 Å². The van der Waals surface area contributed by atoms with E-state index in [1.54, 1.807) is 4.52 Å². The minimum Gasteiger partial charge on any atom is -0.481 e. The predicted molar refractivity (Wildman–Crippen MR) is 110 cm³/mol. The maximum atomic E-state index is 12.8. The van der Waals surface area contributed by atoms with E-state index in [2.05, 4.69) is 26.3 Å². The topological polar surface area (TPSA) is 75.9 Å². The number of amides is 1. The van der Waals surface area contributed by atoms with E-state index in [0.29, 0.717) is 13.1 Å². The van der Waals surface area contributed by atoms with Crippen LogP contribution in [0.1, 0.15) is 23.9 Å². The zero-order valence-corrected chi connectivity index (χ0v) is 17.3. The third kappa shape index (κ3) is 4.01. The smallest absolute Gasteiger partial charge is 0.263 e. The van der Waals surface area contributed by atoms with Gasteiger partial charge in [-0.1, -0.05) is 6.07 Å². The van der Waals surface area contributed by atoms with E-state index in [1.807, 2.05) is 56.9 Å². The zero-order chi connectivity index (χ0) is 20.5. The number of benzene rings is 1. The lowest BCUT2D eigenvalue weighted by Gasteiger charge is -2.36. The number of carbonyl (C=O) groups excluding carboxylic acids is 1. The maximum absolute atomic E-state index is 12.8. The number of aryl methyl sites for hydroxylation is 3. The van der Waals surface area contributed by atoms with Crippen LogP contribution >= 0.6 is 0 Å². The van der Waals surface area contributed by atoms with E-state index in [4.69, 9.17) is 4.74 Å². The quantitative estimate of drug-likeness (QED) is 0.675. The van der Waals surface area contributed by atoms with Crippen LogP contribution in [0.3, 0.4) is 0 Å². The van der Waals surface area contributed by atoms with Crippen molar-refractivity contribution < 1.29 is 9.53 Å². The second kappa shape index (κ2) is 7.69. The molecule has 1 fully saturated rings. The molecule has 2 aromatic heterocycles. The molecule has 3 heterocycles. The molecule has 1 aliphatic heterocycles. The maximum Gasteiger partial charge on any atom is 0.263 e. The van der Waals surface area contributed by atoms with Gasteiger partial charge in [-0.25, -0.2) is 0 Å². The summed E-state index contributed by atoms with van der Waals surface area (Å²) in [5.74, 6) is 2.38. The lowest BCUT2D eigenvalue weighted by atomic mass is 10.1. The first-order valence-electron chi connectivity index (χ1n) is 9.88. The van der Waals surface area contributed by atoms with Gasteiger partial charge in [-0.15, -0.1) is 15.3 Å². The first-order valence-corrected chi connectivity index (χ1v) is 9.88. The van der Waals surface area contributed by atoms with Crippen LogP contribution in [0.4, 0.5) is 5.82 Å². The molecule has 0 aliphatic carbocycles. The second-order valence-electron chi connectivity index (χ2n) is 7.60. The summed E-state index contributed by atoms with van der Waals surface area (Å²) in [4.78, 5) is 16.9. The van der Waals surface area contributed by atoms with Gasteiger partial charge in [-0.3, -0.25) is 4.79 Å². The summed E-state index contributed by atoms with van der Waals surface area (Å²) in [5.41, 5.74) is 2.99. The molecule has 4 rings (SSSR count). The largest absolute Gasteiger partial charge is 0.481 e. The van der Waals surface area contributed by atoms with Crippen LogP contribution < -0.4 is 9.64 Å². The molecule has 0 bridgehead atoms. The van der Waals surface area contributed by atoms with Gasteiger partial charge in [0.1, 0.15) is 11.6 Å². The van der Waals surface area contributed by atoms with Crippen molar-refractivity contribution in [1.82, 2.24) is 24.7 Å². The highest BCUT2D eigenvalue weighted by Crippen LogP contribution is 2.19. The Morgan fingerprint density at radius 3 is 2.38 bits per heavy atom. The first-order chi connectivity index (χ1) is 13.9. The van der Waals surface area contributed by atoms with Crippen LogP contribution in [0.5, 0.6) is 5.75 Å². The van der Waals surface area contributed by atoms with Gasteiger partial charge in [-0.2, -0.15) is 4.52 Å². The van der Waals surface area contributed by atoms with Crippen molar-refractivity contribution in [3.63, 3.8) is 0 Å². The van der Waals surface area contributed by atoms with Gasteiger partial charge in [0.2, 0.25) is 0 Å². The summed E-state index contributed by atoms with van der Waals surface area (Å²) in [7, 11) is 0. The van der Waals surface area contributed by atoms with Crippen LogP contribution in [0.2, 0.25) is 0 Å². The Morgan fingerprint density at radius 1 is 1.00 bits per heavy atom. The van der Waals surface area contributed by atoms with E-state index in [9.17, 15) is 4.79 Å². The molecule has 152 valence electrons. The fourth-order valence-corrected chi connectivity index (χ4v) is 3.72. The molecule has 0 unspecified atom stereocenters. The molecule has 3 aromatic rings. The number of aromatic nitrogens is 4. The van der Waals surface area contributed by atoms with E-state index in [1.165, 1.54) is 0 Å². The summed E-state index contributed by atoms with van der Waals surface area (Å²) >= 11 is 0. The van der Waals surface area contributed by atoms with E-state index in [0.717, 1.165) is 47.3 Å². The van der Waals surface area contributed by atoms with Crippen molar-refractivity contribution >= 4 is 17.4 Å². The Labute approximate surface area is 170 Å². The van der Waals surface area contributed by atoms with Crippen molar-refractivity contribution in [2.24, 2.45) is 0 Å². The highest BCUT2D eigenvalue weighted by Gasteiger charge is 2.27. The summed E-state index contributed by atoms with van der Waals surface area (Å²) in [6.07, 6.45) is -0.517. The minimum absolute atomic E-state index is 0.0156. The fourth-order valence-electron chi connectivity index (χ4n) is 3.72. The lowest BCUT2D eigenvalue weighted by molar-refractivity contribution is -0.138. The average Bonchev–Trinajstić information content (AvgIpc) is 3.07. The highest BCUT2D eigenvalue weighted by atomic mass is 16.5. The molecule has 1 aromatic carbocycles. The number of ether oxygens (including phenoxy) is 1. The standard InChI is InChI=1S/C21H26N6O2/c1-14-11-15(2)13-18(12-14)29-16(3)21(28)26-9-7-25(8-10-26)20-6-5-19-23-22-17(4)27(19)24-20/h5-6,11-13,16H,7-10H2,1-4H3/t16-/m0/s1. The van der Waals surface area contributed by atoms with E-state index in [-0.39, 0.29) is 5.91 Å². The Balaban J connectivity index is 1.37. The van der Waals surface area contributed by atoms with Crippen molar-refractivity contribution in [2.75, 3.05) is 31.1 Å². The van der Waals surface area contributed by atoms with E-state index >= 15 is 0 Å². The predicted octanol–water partition coefficient (Wildman–Crippen LogP) is 2.17. The van der Waals surface area contributed by atoms with Crippen LogP contribution in [0, 0.1) is 20.8 Å². The minimum atomic E-state index is -0.517. The zero-order valence-electron chi connectivity index (χ0n) is 17.3. The molecule has 8 heteroatoms. The molecule has 1 atom stereocenters. The Kier molecular flexibility index (Phi) is 5.08. The summed E-state index contributed by atoms with van der Waals surface area (Å²) < 4.78 is 7.66. The van der Waals surface area contributed by atoms with Gasteiger partial charge in [-0.05, 0) is 63.1 Å². The third-order valence-corrected chi connectivity index (χ3v) is 5.18. The van der Waals surface area contributed by atoms with Gasteiger partial charge in [0.15, 0.2) is 17.6 Å². The number of nitrogens with zero attached hydrogens (tertiary/aromatic N) is 6. The van der Waals surface area contributed by atoms with Crippen LogP contribution in [-0.4, -0.2) is 62.9 Å². The summed E-state index contributed by atoms with van der Waals surface area (Å²) in [6.45, 7) is 10.5. The molecule has 1 amide bonds. The first kappa shape index (κ1) is 19.2. The molecular weight excluding hydrogens is 368 g/mol. The van der Waals surface area contributed by atoms with Crippen LogP contribution in [0.15, 0.2) is 30.3 Å². The van der Waals surface area contributed by atoms with Crippen LogP contribution in [0.25, 0.3) is 5.65 Å². The molecule has 0 radical (unpaired) electrons. The fraction of sp³-hybridized carbons (Fsp3) is 0.429. The molecule has 0 spiro atoms. The molecule has 1 saturated heterocycles. The van der Waals surface area contributed by atoms with Crippen molar-refractivity contribution in [3.8, 4) is 5.75 Å². The highest BCUT2D eigenvalue weighted by molar-refractivity contribution is 5.81. The number of piperazine rings is 1. The molecule has 0 N–H and O–H groups in total. The SMILES string of the molecule is Cc1cc(C)cc(O[C@@H](C)C(=O)N2CCN(c3ccc4nnc(C)n4n3)CC2)c1. The van der Waals surface area contributed by atoms with Gasteiger partial charge in [0.25, 0.3) is 5.91 Å². The number of hydrogen-bond acceptors (Lipinski definition) is 6. The molecular formula is C21H26N6O2. The normalized spacial score (nSPS) is 15.6. The number of anilines is 1. The summed E-state index contributed by atoms with van der Waals surface area (Å²) in [5, 5.41) is 12.7. The van der Waals surface area contributed by atoms with Crippen molar-refractivity contribution in [3.05, 3.63) is 47.3 Å². The molecule has 29 heavy (non-hydrogen) atoms. The Hall–Kier alpha value is -3.16. The monoisotopic (exact) mass is 394 g/mol. The third-order valence-electron chi connectivity index (χ3n) is 5.18. The van der Waals surface area contributed by atoms with Gasteiger partial charge in [0.05, 0.1) is 0 Å². The van der Waals surface area contributed by atoms with Gasteiger partial charge in [0, 0.05) is 26.2 Å². The average molecular weight is 394 g/mol. The lowest BCUT2D eigenvalue weighted by Crippen LogP contribution is -2.52. The number of rotatable bonds is 4. The summed E-state index contributed by atoms with van der Waals surface area (Å²) in [6, 6.07) is 9.88. The van der Waals surface area contributed by atoms with Crippen molar-refractivity contribution in [1.29, 1.82) is 0 Å². The molecule has 0 saturated carbocycles. The second-order valence-corrected chi connectivity index (χ2v) is 7.60. The molecule has 1 aliphatic rings. The Morgan fingerprint density at radius 2 is 1.69 bits per heavy atom. The number of hydrogen-bond donors (Lipinski definition) is 0. The number of fused-ring (bicyclic) bond motifs is 1. The van der Waals surface area contributed by atoms with Gasteiger partial charge < -0.3 is 14.5 Å². The number of carbonyl (C=O) groups is 1. The van der Waals surface area contributed by atoms with Gasteiger partial charge >= 0.3 is 0 Å². The Bertz CT molecular complexity index is 1020. The van der Waals surface area contributed by atoms with Crippen LogP contribution in [-0.2, 0) is 4.79 Å². The van der Waals surface area contributed by atoms with Crippen molar-refractivity contribution in [2.45, 2.75) is 33.8 Å².